The number of amides is 2. The van der Waals surface area contributed by atoms with Crippen molar-refractivity contribution in [3.05, 3.63) is 93.4 Å². The lowest BCUT2D eigenvalue weighted by Crippen LogP contribution is -2.51. The molecule has 1 aliphatic heterocycles. The van der Waals surface area contributed by atoms with Crippen molar-refractivity contribution in [1.29, 1.82) is 0 Å². The first-order valence-electron chi connectivity index (χ1n) is 11.7. The van der Waals surface area contributed by atoms with E-state index in [0.717, 1.165) is 12.0 Å². The van der Waals surface area contributed by atoms with Gasteiger partial charge in [0.05, 0.1) is 0 Å². The molecule has 5 rings (SSSR count). The Bertz CT molecular complexity index is 1360. The Morgan fingerprint density at radius 1 is 1.14 bits per heavy atom. The molecule has 2 bridgehead atoms. The van der Waals surface area contributed by atoms with Gasteiger partial charge < -0.3 is 20.5 Å². The number of hydrogen-bond donors (Lipinski definition) is 3. The molecule has 1 aromatic heterocycles. The van der Waals surface area contributed by atoms with E-state index in [1.54, 1.807) is 0 Å². The highest BCUT2D eigenvalue weighted by atomic mass is 19.1. The second-order valence-corrected chi connectivity index (χ2v) is 9.24. The number of nitrogens with one attached hydrogen (secondary N) is 2. The number of hydrogen-bond acceptors (Lipinski definition) is 6. The predicted molar refractivity (Wildman–Crippen MR) is 127 cm³/mol. The second kappa shape index (κ2) is 9.44. The fourth-order valence-corrected chi connectivity index (χ4v) is 4.99. The molecule has 0 spiro atoms. The summed E-state index contributed by atoms with van der Waals surface area (Å²) in [4.78, 5) is 43.0. The first kappa shape index (κ1) is 23.5. The maximum absolute atomic E-state index is 13.1. The molecule has 9 nitrogen and oxygen atoms in total. The molecule has 186 valence electrons. The Labute approximate surface area is 205 Å². The Balaban J connectivity index is 1.39. The first-order chi connectivity index (χ1) is 17.3. The molecule has 1 fully saturated rings. The maximum Gasteiger partial charge on any atom is 0.408 e. The lowest BCUT2D eigenvalue weighted by molar-refractivity contribution is 0.0940. The standard InChI is InChI=1S/C26H25FN4O5/c27-19-8-6-16(7-9-19)13-28-22(33)20-21(32)23(34)31-14-18-10-11-26(12-18,24(31)29-20)30-25(35)36-15-17-4-2-1-3-5-17/h1-9,18,32H,10-15H2,(H,28,33)(H,30,35)/t18-,26-/m1/s1. The van der Waals surface area contributed by atoms with Crippen LogP contribution in [0.3, 0.4) is 0 Å². The van der Waals surface area contributed by atoms with Crippen LogP contribution in [0.25, 0.3) is 0 Å². The number of halogens is 1. The van der Waals surface area contributed by atoms with Crippen LogP contribution in [0.1, 0.15) is 46.7 Å². The molecule has 36 heavy (non-hydrogen) atoms. The zero-order valence-electron chi connectivity index (χ0n) is 19.4. The highest BCUT2D eigenvalue weighted by Gasteiger charge is 2.49. The van der Waals surface area contributed by atoms with Gasteiger partial charge in [-0.2, -0.15) is 0 Å². The van der Waals surface area contributed by atoms with E-state index in [1.165, 1.54) is 28.8 Å². The molecule has 2 amide bonds. The molecule has 2 atom stereocenters. The van der Waals surface area contributed by atoms with Crippen LogP contribution >= 0.6 is 0 Å². The summed E-state index contributed by atoms with van der Waals surface area (Å²) in [6, 6.07) is 14.8. The number of alkyl carbamates (subject to hydrolysis) is 1. The minimum absolute atomic E-state index is 0.0515. The predicted octanol–water partition coefficient (Wildman–Crippen LogP) is 2.95. The summed E-state index contributed by atoms with van der Waals surface area (Å²) in [5.74, 6) is -1.56. The van der Waals surface area contributed by atoms with E-state index < -0.39 is 40.4 Å². The summed E-state index contributed by atoms with van der Waals surface area (Å²) in [5, 5.41) is 16.0. The van der Waals surface area contributed by atoms with Crippen molar-refractivity contribution in [3.63, 3.8) is 0 Å². The van der Waals surface area contributed by atoms with Crippen molar-refractivity contribution in [2.75, 3.05) is 0 Å². The Morgan fingerprint density at radius 2 is 1.89 bits per heavy atom. The Kier molecular flexibility index (Phi) is 6.17. The van der Waals surface area contributed by atoms with Crippen LogP contribution in [0.4, 0.5) is 9.18 Å². The third-order valence-electron chi connectivity index (χ3n) is 6.77. The van der Waals surface area contributed by atoms with Gasteiger partial charge in [0.15, 0.2) is 5.69 Å². The van der Waals surface area contributed by atoms with Crippen molar-refractivity contribution >= 4 is 12.0 Å². The van der Waals surface area contributed by atoms with E-state index >= 15 is 0 Å². The number of aromatic nitrogens is 2. The van der Waals surface area contributed by atoms with Crippen LogP contribution in [0, 0.1) is 11.7 Å². The van der Waals surface area contributed by atoms with Gasteiger partial charge in [-0.1, -0.05) is 42.5 Å². The number of fused-ring (bicyclic) bond motifs is 4. The fraction of sp³-hybridized carbons (Fsp3) is 0.308. The third kappa shape index (κ3) is 4.53. The summed E-state index contributed by atoms with van der Waals surface area (Å²) >= 11 is 0. The molecular weight excluding hydrogens is 467 g/mol. The molecule has 10 heteroatoms. The van der Waals surface area contributed by atoms with Crippen molar-refractivity contribution in [2.45, 2.75) is 44.5 Å². The number of aromatic hydroxyl groups is 1. The lowest BCUT2D eigenvalue weighted by atomic mass is 9.91. The van der Waals surface area contributed by atoms with Gasteiger partial charge in [0.25, 0.3) is 11.5 Å². The largest absolute Gasteiger partial charge is 0.501 e. The molecule has 0 unspecified atom stereocenters. The van der Waals surface area contributed by atoms with Crippen molar-refractivity contribution in [1.82, 2.24) is 20.2 Å². The SMILES string of the molecule is O=C(N[C@@]12CC[C@@H](Cn3c1nc(C(=O)NCc1ccc(F)cc1)c(O)c3=O)C2)OCc1ccccc1. The highest BCUT2D eigenvalue weighted by Crippen LogP contribution is 2.45. The second-order valence-electron chi connectivity index (χ2n) is 9.24. The van der Waals surface area contributed by atoms with Crippen LogP contribution in [0.5, 0.6) is 5.75 Å². The zero-order valence-corrected chi connectivity index (χ0v) is 19.4. The average Bonchev–Trinajstić information content (AvgIpc) is 3.22. The van der Waals surface area contributed by atoms with Crippen LogP contribution in [0.2, 0.25) is 0 Å². The lowest BCUT2D eigenvalue weighted by Gasteiger charge is -2.35. The summed E-state index contributed by atoms with van der Waals surface area (Å²) in [6.07, 6.45) is 1.15. The molecule has 2 heterocycles. The molecule has 1 aliphatic carbocycles. The minimum atomic E-state index is -0.991. The molecule has 3 N–H and O–H groups in total. The topological polar surface area (TPSA) is 123 Å². The smallest absolute Gasteiger partial charge is 0.408 e. The number of nitrogens with zero attached hydrogens (tertiary/aromatic N) is 2. The van der Waals surface area contributed by atoms with E-state index in [9.17, 15) is 23.9 Å². The van der Waals surface area contributed by atoms with E-state index in [0.29, 0.717) is 24.9 Å². The fourth-order valence-electron chi connectivity index (χ4n) is 4.99. The summed E-state index contributed by atoms with van der Waals surface area (Å²) in [7, 11) is 0. The highest BCUT2D eigenvalue weighted by molar-refractivity contribution is 5.94. The zero-order chi connectivity index (χ0) is 25.3. The van der Waals surface area contributed by atoms with Crippen LogP contribution < -0.4 is 16.2 Å². The average molecular weight is 493 g/mol. The molecule has 1 saturated carbocycles. The first-order valence-corrected chi connectivity index (χ1v) is 11.7. The molecule has 2 aliphatic rings. The summed E-state index contributed by atoms with van der Waals surface area (Å²) < 4.78 is 19.9. The van der Waals surface area contributed by atoms with Crippen LogP contribution in [0.15, 0.2) is 59.4 Å². The van der Waals surface area contributed by atoms with Gasteiger partial charge >= 0.3 is 6.09 Å². The molecule has 2 aromatic carbocycles. The normalized spacial score (nSPS) is 19.9. The van der Waals surface area contributed by atoms with Gasteiger partial charge in [-0.05, 0) is 48.4 Å². The van der Waals surface area contributed by atoms with Gasteiger partial charge in [0, 0.05) is 13.1 Å². The van der Waals surface area contributed by atoms with E-state index in [-0.39, 0.29) is 24.9 Å². The van der Waals surface area contributed by atoms with Crippen molar-refractivity contribution < 1.29 is 23.8 Å². The van der Waals surface area contributed by atoms with Gasteiger partial charge in [0.2, 0.25) is 5.75 Å². The van der Waals surface area contributed by atoms with Crippen LogP contribution in [-0.4, -0.2) is 26.7 Å². The molecule has 3 aromatic rings. The van der Waals surface area contributed by atoms with Crippen molar-refractivity contribution in [2.24, 2.45) is 5.92 Å². The Morgan fingerprint density at radius 3 is 2.64 bits per heavy atom. The van der Waals surface area contributed by atoms with Gasteiger partial charge in [-0.3, -0.25) is 14.2 Å². The molecule has 0 saturated heterocycles. The number of carbonyl (C=O) groups is 2. The molecule has 0 radical (unpaired) electrons. The minimum Gasteiger partial charge on any atom is -0.501 e. The third-order valence-corrected chi connectivity index (χ3v) is 6.77. The number of rotatable bonds is 6. The van der Waals surface area contributed by atoms with E-state index in [4.69, 9.17) is 4.74 Å². The van der Waals surface area contributed by atoms with Gasteiger partial charge in [-0.15, -0.1) is 0 Å². The van der Waals surface area contributed by atoms with Crippen LogP contribution in [-0.2, 0) is 30.0 Å². The van der Waals surface area contributed by atoms with Gasteiger partial charge in [0.1, 0.15) is 23.8 Å². The van der Waals surface area contributed by atoms with E-state index in [2.05, 4.69) is 15.6 Å². The van der Waals surface area contributed by atoms with E-state index in [1.807, 2.05) is 30.3 Å². The Hall–Kier alpha value is -4.21. The number of benzene rings is 2. The summed E-state index contributed by atoms with van der Waals surface area (Å²) in [6.45, 7) is 0.476. The number of carbonyl (C=O) groups excluding carboxylic acids is 2. The maximum atomic E-state index is 13.1. The molecular formula is C26H25FN4O5. The number of ether oxygens (including phenoxy) is 1. The van der Waals surface area contributed by atoms with Crippen molar-refractivity contribution in [3.8, 4) is 5.75 Å². The quantitative estimate of drug-likeness (QED) is 0.486. The summed E-state index contributed by atoms with van der Waals surface area (Å²) in [5.41, 5.74) is -0.676. The van der Waals surface area contributed by atoms with Gasteiger partial charge in [-0.25, -0.2) is 14.2 Å². The monoisotopic (exact) mass is 492 g/mol.